The van der Waals surface area contributed by atoms with Crippen LogP contribution < -0.4 is 0 Å². The topological polar surface area (TPSA) is 138 Å². The van der Waals surface area contributed by atoms with Crippen molar-refractivity contribution in [2.75, 3.05) is 26.3 Å². The Morgan fingerprint density at radius 1 is 1.00 bits per heavy atom. The number of nitrogens with zero attached hydrogens (tertiary/aromatic N) is 2. The average Bonchev–Trinajstić information content (AvgIpc) is 2.78. The Labute approximate surface area is 187 Å². The van der Waals surface area contributed by atoms with Crippen molar-refractivity contribution < 1.29 is 38.2 Å². The lowest BCUT2D eigenvalue weighted by Crippen LogP contribution is -2.30. The average molecular weight is 450 g/mol. The van der Waals surface area contributed by atoms with Crippen molar-refractivity contribution in [1.29, 1.82) is 0 Å². The maximum absolute atomic E-state index is 12.1. The molecule has 10 nitrogen and oxygen atoms in total. The molecular formula is C22H30N2O8. The van der Waals surface area contributed by atoms with Crippen molar-refractivity contribution in [3.8, 4) is 0 Å². The first-order valence-electron chi connectivity index (χ1n) is 10.2. The van der Waals surface area contributed by atoms with Gasteiger partial charge in [-0.3, -0.25) is 4.79 Å². The first-order valence-corrected chi connectivity index (χ1v) is 10.2. The van der Waals surface area contributed by atoms with E-state index in [2.05, 4.69) is 23.1 Å². The van der Waals surface area contributed by atoms with E-state index in [1.807, 2.05) is 0 Å². The molecule has 0 rings (SSSR count). The predicted octanol–water partition coefficient (Wildman–Crippen LogP) is 2.38. The van der Waals surface area contributed by atoms with E-state index >= 15 is 0 Å². The molecule has 0 aliphatic heterocycles. The first-order chi connectivity index (χ1) is 15.3. The number of ether oxygens (including phenoxy) is 3. The van der Waals surface area contributed by atoms with Gasteiger partial charge in [-0.05, 0) is 38.5 Å². The standard InChI is InChI=1S/C22H30N2O8/c1-4-20(27)30-13-19(14-31-22(29)17(2)3)32-21(28)10-6-5-8-18(12-24-16-26)9-7-11-23-15-25/h4,18-19H,1-2,5-14H2,3H3. The van der Waals surface area contributed by atoms with E-state index in [9.17, 15) is 24.0 Å². The summed E-state index contributed by atoms with van der Waals surface area (Å²) >= 11 is 0. The molecule has 0 aliphatic carbocycles. The molecule has 0 N–H and O–H groups in total. The summed E-state index contributed by atoms with van der Waals surface area (Å²) < 4.78 is 15.1. The summed E-state index contributed by atoms with van der Waals surface area (Å²) in [5.74, 6) is -1.76. The summed E-state index contributed by atoms with van der Waals surface area (Å²) in [4.78, 5) is 62.5. The molecule has 2 atom stereocenters. The van der Waals surface area contributed by atoms with Crippen LogP contribution in [0, 0.1) is 5.92 Å². The van der Waals surface area contributed by atoms with E-state index in [-0.39, 0.29) is 31.1 Å². The van der Waals surface area contributed by atoms with Gasteiger partial charge in [0.2, 0.25) is 12.2 Å². The lowest BCUT2D eigenvalue weighted by Gasteiger charge is -2.18. The molecule has 2 unspecified atom stereocenters. The number of carbonyl (C=O) groups excluding carboxylic acids is 5. The van der Waals surface area contributed by atoms with Gasteiger partial charge in [0.1, 0.15) is 13.2 Å². The molecule has 0 aromatic rings. The van der Waals surface area contributed by atoms with Gasteiger partial charge in [0, 0.05) is 18.1 Å². The zero-order chi connectivity index (χ0) is 24.2. The quantitative estimate of drug-likeness (QED) is 0.0775. The summed E-state index contributed by atoms with van der Waals surface area (Å²) in [6.07, 6.45) is 6.44. The highest BCUT2D eigenvalue weighted by Gasteiger charge is 2.19. The number of esters is 3. The van der Waals surface area contributed by atoms with Crippen molar-refractivity contribution in [3.63, 3.8) is 0 Å². The van der Waals surface area contributed by atoms with Crippen molar-refractivity contribution >= 4 is 30.1 Å². The van der Waals surface area contributed by atoms with E-state index in [1.54, 1.807) is 0 Å². The Morgan fingerprint density at radius 3 is 2.28 bits per heavy atom. The molecule has 32 heavy (non-hydrogen) atoms. The molecule has 0 bridgehead atoms. The van der Waals surface area contributed by atoms with Crippen LogP contribution in [-0.4, -0.2) is 62.5 Å². The van der Waals surface area contributed by atoms with Gasteiger partial charge in [-0.2, -0.15) is 0 Å². The van der Waals surface area contributed by atoms with Crippen LogP contribution in [0.2, 0.25) is 0 Å². The molecule has 0 fully saturated rings. The molecule has 0 saturated carbocycles. The van der Waals surface area contributed by atoms with Crippen LogP contribution in [0.4, 0.5) is 0 Å². The molecular weight excluding hydrogens is 420 g/mol. The monoisotopic (exact) mass is 450 g/mol. The Hall–Kier alpha value is -3.35. The third-order valence-electron chi connectivity index (χ3n) is 4.23. The second-order valence-corrected chi connectivity index (χ2v) is 6.98. The van der Waals surface area contributed by atoms with Gasteiger partial charge < -0.3 is 14.2 Å². The van der Waals surface area contributed by atoms with Crippen molar-refractivity contribution in [2.45, 2.75) is 51.6 Å². The van der Waals surface area contributed by atoms with Crippen LogP contribution in [0.1, 0.15) is 45.4 Å². The molecule has 0 radical (unpaired) electrons. The van der Waals surface area contributed by atoms with Gasteiger partial charge in [-0.25, -0.2) is 29.2 Å². The van der Waals surface area contributed by atoms with Crippen LogP contribution >= 0.6 is 0 Å². The lowest BCUT2D eigenvalue weighted by atomic mass is 9.96. The summed E-state index contributed by atoms with van der Waals surface area (Å²) in [6.45, 7) is 8.34. The van der Waals surface area contributed by atoms with Crippen LogP contribution in [0.3, 0.4) is 0 Å². The minimum atomic E-state index is -0.956. The van der Waals surface area contributed by atoms with Crippen LogP contribution in [0.25, 0.3) is 0 Å². The maximum atomic E-state index is 12.1. The zero-order valence-electron chi connectivity index (χ0n) is 18.4. The fourth-order valence-corrected chi connectivity index (χ4v) is 2.59. The SMILES string of the molecule is C=CC(=O)OCC(COC(=O)C(=C)C)OC(=O)CCCCC(CCCN=C=O)CN=C=O. The maximum Gasteiger partial charge on any atom is 0.333 e. The number of hydrogen-bond donors (Lipinski definition) is 0. The number of hydrogen-bond acceptors (Lipinski definition) is 10. The molecule has 0 heterocycles. The summed E-state index contributed by atoms with van der Waals surface area (Å²) in [6, 6.07) is 0. The molecule has 0 aromatic heterocycles. The molecule has 0 saturated heterocycles. The minimum Gasteiger partial charge on any atom is -0.458 e. The van der Waals surface area contributed by atoms with Crippen molar-refractivity contribution in [3.05, 3.63) is 24.8 Å². The van der Waals surface area contributed by atoms with E-state index in [4.69, 9.17) is 14.2 Å². The van der Waals surface area contributed by atoms with Gasteiger partial charge >= 0.3 is 17.9 Å². The number of unbranched alkanes of at least 4 members (excludes halogenated alkanes) is 1. The van der Waals surface area contributed by atoms with Crippen molar-refractivity contribution in [1.82, 2.24) is 0 Å². The minimum absolute atomic E-state index is 0.111. The first kappa shape index (κ1) is 28.6. The molecule has 10 heteroatoms. The van der Waals surface area contributed by atoms with Crippen LogP contribution in [0.5, 0.6) is 0 Å². The Bertz CT molecular complexity index is 736. The third-order valence-corrected chi connectivity index (χ3v) is 4.23. The summed E-state index contributed by atoms with van der Waals surface area (Å²) in [5.41, 5.74) is 0.185. The highest BCUT2D eigenvalue weighted by molar-refractivity contribution is 5.87. The van der Waals surface area contributed by atoms with Gasteiger partial charge in [-0.1, -0.05) is 19.6 Å². The van der Waals surface area contributed by atoms with E-state index < -0.39 is 24.0 Å². The molecule has 176 valence electrons. The highest BCUT2D eigenvalue weighted by atomic mass is 16.6. The van der Waals surface area contributed by atoms with Crippen molar-refractivity contribution in [2.24, 2.45) is 15.9 Å². The zero-order valence-corrected chi connectivity index (χ0v) is 18.4. The van der Waals surface area contributed by atoms with Gasteiger partial charge in [0.15, 0.2) is 6.10 Å². The molecule has 0 aliphatic rings. The summed E-state index contributed by atoms with van der Waals surface area (Å²) in [7, 11) is 0. The Morgan fingerprint density at radius 2 is 1.66 bits per heavy atom. The molecule has 0 spiro atoms. The summed E-state index contributed by atoms with van der Waals surface area (Å²) in [5, 5.41) is 0. The van der Waals surface area contributed by atoms with E-state index in [1.165, 1.54) is 19.1 Å². The molecule has 0 aromatic carbocycles. The number of aliphatic imine (C=N–C) groups is 2. The number of isocyanates is 2. The Kier molecular flexibility index (Phi) is 16.5. The smallest absolute Gasteiger partial charge is 0.333 e. The van der Waals surface area contributed by atoms with Gasteiger partial charge in [0.25, 0.3) is 0 Å². The Balaban J connectivity index is 4.51. The van der Waals surface area contributed by atoms with Crippen LogP contribution in [-0.2, 0) is 38.2 Å². The van der Waals surface area contributed by atoms with E-state index in [0.717, 1.165) is 18.9 Å². The lowest BCUT2D eigenvalue weighted by molar-refractivity contribution is -0.164. The van der Waals surface area contributed by atoms with E-state index in [0.29, 0.717) is 32.4 Å². The molecule has 0 amide bonds. The predicted molar refractivity (Wildman–Crippen MR) is 114 cm³/mol. The highest BCUT2D eigenvalue weighted by Crippen LogP contribution is 2.17. The van der Waals surface area contributed by atoms with Crippen LogP contribution in [0.15, 0.2) is 34.8 Å². The third kappa shape index (κ3) is 15.5. The second kappa shape index (κ2) is 18.4. The number of rotatable bonds is 18. The fourth-order valence-electron chi connectivity index (χ4n) is 2.59. The fraction of sp³-hybridized carbons (Fsp3) is 0.591. The second-order valence-electron chi connectivity index (χ2n) is 6.98. The largest absolute Gasteiger partial charge is 0.458 e. The number of carbonyl (C=O) groups is 3. The van der Waals surface area contributed by atoms with Gasteiger partial charge in [-0.15, -0.1) is 0 Å². The van der Waals surface area contributed by atoms with Gasteiger partial charge in [0.05, 0.1) is 13.1 Å². The normalized spacial score (nSPS) is 11.7.